The predicted octanol–water partition coefficient (Wildman–Crippen LogP) is 3.74. The van der Waals surface area contributed by atoms with Crippen molar-refractivity contribution in [2.45, 2.75) is 13.0 Å². The number of rotatable bonds is 5. The number of halogens is 3. The number of ether oxygens (including phenoxy) is 1. The second-order valence-electron chi connectivity index (χ2n) is 3.57. The van der Waals surface area contributed by atoms with Gasteiger partial charge in [0.2, 0.25) is 0 Å². The monoisotopic (exact) mass is 351 g/mol. The summed E-state index contributed by atoms with van der Waals surface area (Å²) in [7, 11) is 0. The topological polar surface area (TPSA) is 38.3 Å². The van der Waals surface area contributed by atoms with Crippen molar-refractivity contribution in [3.05, 3.63) is 39.3 Å². The molecule has 1 atom stereocenters. The van der Waals surface area contributed by atoms with Crippen molar-refractivity contribution >= 4 is 45.0 Å². The molecule has 1 aromatic carbocycles. The van der Waals surface area contributed by atoms with Crippen LogP contribution < -0.4 is 10.1 Å². The summed E-state index contributed by atoms with van der Waals surface area (Å²) in [4.78, 5) is 11.7. The summed E-state index contributed by atoms with van der Waals surface area (Å²) in [5.74, 6) is 0.283. The molecule has 0 heterocycles. The summed E-state index contributed by atoms with van der Waals surface area (Å²) < 4.78 is 6.19. The molecule has 0 radical (unpaired) electrons. The van der Waals surface area contributed by atoms with E-state index in [2.05, 4.69) is 27.8 Å². The van der Waals surface area contributed by atoms with Gasteiger partial charge < -0.3 is 10.1 Å². The quantitative estimate of drug-likeness (QED) is 0.876. The zero-order chi connectivity index (χ0) is 13.7. The molecule has 0 aliphatic heterocycles. The Hall–Kier alpha value is -0.710. The molecule has 98 valence electrons. The third kappa shape index (κ3) is 4.88. The largest absolute Gasteiger partial charge is 0.480 e. The van der Waals surface area contributed by atoms with Crippen LogP contribution in [0.3, 0.4) is 0 Å². The zero-order valence-corrected chi connectivity index (χ0v) is 12.8. The maximum Gasteiger partial charge on any atom is 0.261 e. The summed E-state index contributed by atoms with van der Waals surface area (Å²) >= 11 is 14.7. The Kier molecular flexibility index (Phi) is 5.99. The smallest absolute Gasteiger partial charge is 0.261 e. The van der Waals surface area contributed by atoms with Crippen molar-refractivity contribution in [2.75, 3.05) is 6.54 Å². The molecular formula is C12H12BrCl2NO2. The minimum atomic E-state index is -0.640. The molecule has 1 N–H and O–H groups in total. The highest BCUT2D eigenvalue weighted by molar-refractivity contribution is 9.10. The number of carbonyl (C=O) groups is 1. The van der Waals surface area contributed by atoms with Gasteiger partial charge in [-0.05, 0) is 41.1 Å². The zero-order valence-electron chi connectivity index (χ0n) is 9.67. The van der Waals surface area contributed by atoms with Crippen molar-refractivity contribution in [2.24, 2.45) is 0 Å². The van der Waals surface area contributed by atoms with E-state index in [-0.39, 0.29) is 12.5 Å². The number of hydrogen-bond donors (Lipinski definition) is 1. The predicted molar refractivity (Wildman–Crippen MR) is 77.2 cm³/mol. The minimum absolute atomic E-state index is 0.218. The molecule has 3 nitrogen and oxygen atoms in total. The van der Waals surface area contributed by atoms with Crippen LogP contribution in [0.1, 0.15) is 6.92 Å². The first-order valence-electron chi connectivity index (χ1n) is 5.13. The average Bonchev–Trinajstić information content (AvgIpc) is 2.29. The summed E-state index contributed by atoms with van der Waals surface area (Å²) in [6, 6.07) is 5.08. The number of hydrogen-bond acceptors (Lipinski definition) is 2. The second-order valence-corrected chi connectivity index (χ2v) is 5.40. The van der Waals surface area contributed by atoms with Gasteiger partial charge in [-0.2, -0.15) is 0 Å². The minimum Gasteiger partial charge on any atom is -0.480 e. The average molecular weight is 353 g/mol. The summed E-state index contributed by atoms with van der Waals surface area (Å²) in [5.41, 5.74) is 0. The van der Waals surface area contributed by atoms with Crippen LogP contribution in [0, 0.1) is 0 Å². The van der Waals surface area contributed by atoms with Gasteiger partial charge in [0.15, 0.2) is 6.10 Å². The van der Waals surface area contributed by atoms with E-state index in [1.54, 1.807) is 25.1 Å². The van der Waals surface area contributed by atoms with Gasteiger partial charge in [0, 0.05) is 10.1 Å². The van der Waals surface area contributed by atoms with E-state index in [9.17, 15) is 4.79 Å². The Morgan fingerprint density at radius 2 is 2.28 bits per heavy atom. The molecule has 1 aromatic rings. The molecule has 0 aliphatic rings. The van der Waals surface area contributed by atoms with Crippen molar-refractivity contribution in [1.82, 2.24) is 5.32 Å². The lowest BCUT2D eigenvalue weighted by Crippen LogP contribution is -2.36. The van der Waals surface area contributed by atoms with Gasteiger partial charge in [-0.1, -0.05) is 29.8 Å². The van der Waals surface area contributed by atoms with E-state index in [1.165, 1.54) is 0 Å². The summed E-state index contributed by atoms with van der Waals surface area (Å²) in [6.45, 7) is 5.35. The van der Waals surface area contributed by atoms with Gasteiger partial charge in [-0.3, -0.25) is 4.79 Å². The number of nitrogens with one attached hydrogen (secondary N) is 1. The maximum atomic E-state index is 11.7. The van der Waals surface area contributed by atoms with E-state index >= 15 is 0 Å². The van der Waals surface area contributed by atoms with E-state index in [0.29, 0.717) is 20.3 Å². The van der Waals surface area contributed by atoms with E-state index < -0.39 is 6.10 Å². The molecular weight excluding hydrogens is 341 g/mol. The molecule has 0 saturated carbocycles. The SMILES string of the molecule is C=C(Cl)CNC(=O)C(C)Oc1ccc(Cl)cc1Br. The number of benzene rings is 1. The van der Waals surface area contributed by atoms with Crippen LogP contribution in [0.15, 0.2) is 34.3 Å². The third-order valence-corrected chi connectivity index (χ3v) is 3.01. The van der Waals surface area contributed by atoms with Crippen LogP contribution >= 0.6 is 39.1 Å². The van der Waals surface area contributed by atoms with Crippen LogP contribution in [-0.2, 0) is 4.79 Å². The lowest BCUT2D eigenvalue weighted by atomic mass is 10.3. The Balaban J connectivity index is 2.60. The molecule has 18 heavy (non-hydrogen) atoms. The molecule has 6 heteroatoms. The van der Waals surface area contributed by atoms with Crippen LogP contribution in [0.25, 0.3) is 0 Å². The molecule has 0 fully saturated rings. The summed E-state index contributed by atoms with van der Waals surface area (Å²) in [6.07, 6.45) is -0.640. The molecule has 1 rings (SSSR count). The molecule has 0 aliphatic carbocycles. The highest BCUT2D eigenvalue weighted by Crippen LogP contribution is 2.28. The van der Waals surface area contributed by atoms with Crippen LogP contribution in [0.4, 0.5) is 0 Å². The first-order valence-corrected chi connectivity index (χ1v) is 6.67. The highest BCUT2D eigenvalue weighted by atomic mass is 79.9. The lowest BCUT2D eigenvalue weighted by molar-refractivity contribution is -0.127. The normalized spacial score (nSPS) is 11.8. The van der Waals surface area contributed by atoms with E-state index in [4.69, 9.17) is 27.9 Å². The van der Waals surface area contributed by atoms with Crippen molar-refractivity contribution in [1.29, 1.82) is 0 Å². The number of amides is 1. The fourth-order valence-electron chi connectivity index (χ4n) is 1.14. The third-order valence-electron chi connectivity index (χ3n) is 2.02. The van der Waals surface area contributed by atoms with Gasteiger partial charge in [0.1, 0.15) is 5.75 Å². The standard InChI is InChI=1S/C12H12BrCl2NO2/c1-7(14)6-16-12(17)8(2)18-11-4-3-9(15)5-10(11)13/h3-5,8H,1,6H2,2H3,(H,16,17). The Labute approximate surface area is 124 Å². The first kappa shape index (κ1) is 15.3. The molecule has 0 bridgehead atoms. The van der Waals surface area contributed by atoms with Crippen molar-refractivity contribution in [3.63, 3.8) is 0 Å². The Bertz CT molecular complexity index is 465. The first-order chi connectivity index (χ1) is 8.40. The molecule has 1 amide bonds. The molecule has 0 aromatic heterocycles. The second kappa shape index (κ2) is 7.02. The van der Waals surface area contributed by atoms with Crippen molar-refractivity contribution < 1.29 is 9.53 Å². The summed E-state index contributed by atoms with van der Waals surface area (Å²) in [5, 5.41) is 3.55. The fourth-order valence-corrected chi connectivity index (χ4v) is 1.98. The van der Waals surface area contributed by atoms with Gasteiger partial charge in [-0.25, -0.2) is 0 Å². The highest BCUT2D eigenvalue weighted by Gasteiger charge is 2.15. The molecule has 0 spiro atoms. The van der Waals surface area contributed by atoms with Crippen LogP contribution in [-0.4, -0.2) is 18.6 Å². The fraction of sp³-hybridized carbons (Fsp3) is 0.250. The van der Waals surface area contributed by atoms with Gasteiger partial charge in [0.05, 0.1) is 11.0 Å². The van der Waals surface area contributed by atoms with Gasteiger partial charge in [0.25, 0.3) is 5.91 Å². The lowest BCUT2D eigenvalue weighted by Gasteiger charge is -2.15. The van der Waals surface area contributed by atoms with Crippen LogP contribution in [0.5, 0.6) is 5.75 Å². The van der Waals surface area contributed by atoms with Crippen molar-refractivity contribution in [3.8, 4) is 5.75 Å². The van der Waals surface area contributed by atoms with E-state index in [0.717, 1.165) is 0 Å². The van der Waals surface area contributed by atoms with Gasteiger partial charge in [-0.15, -0.1) is 0 Å². The maximum absolute atomic E-state index is 11.7. The van der Waals surface area contributed by atoms with E-state index in [1.807, 2.05) is 0 Å². The molecule has 0 saturated heterocycles. The number of carbonyl (C=O) groups excluding carboxylic acids is 1. The Morgan fingerprint density at radius 3 is 2.83 bits per heavy atom. The Morgan fingerprint density at radius 1 is 1.61 bits per heavy atom. The molecule has 1 unspecified atom stereocenters. The van der Waals surface area contributed by atoms with Crippen LogP contribution in [0.2, 0.25) is 5.02 Å². The van der Waals surface area contributed by atoms with Gasteiger partial charge >= 0.3 is 0 Å².